The number of carbonyl (C=O) groups is 5. The highest BCUT2D eigenvalue weighted by atomic mass is 16.6. The number of hydrogen-bond acceptors (Lipinski definition) is 13. The SMILES string of the molecule is COC(=O)CC1C(C)(C)C(OC(=O)C(C)C)C2(O)C(=O)C(O)C3(O)[C@@H]4CC(=O)OC(c5ccoc5)C4(C)CC(OC(C)=O)[C@@H]3C12C. The first-order valence-corrected chi connectivity index (χ1v) is 15.6. The number of rotatable bonds is 6. The molecule has 4 aliphatic rings. The van der Waals surface area contributed by atoms with E-state index >= 15 is 0 Å². The first-order chi connectivity index (χ1) is 21.2. The summed E-state index contributed by atoms with van der Waals surface area (Å²) >= 11 is 0. The van der Waals surface area contributed by atoms with Gasteiger partial charge in [0.25, 0.3) is 0 Å². The largest absolute Gasteiger partial charge is 0.472 e. The van der Waals surface area contributed by atoms with E-state index in [0.717, 1.165) is 0 Å². The van der Waals surface area contributed by atoms with Gasteiger partial charge >= 0.3 is 23.9 Å². The summed E-state index contributed by atoms with van der Waals surface area (Å²) in [6.07, 6.45) is -4.32. The monoisotopic (exact) mass is 648 g/mol. The van der Waals surface area contributed by atoms with Crippen LogP contribution in [0.15, 0.2) is 23.0 Å². The van der Waals surface area contributed by atoms with Crippen LogP contribution >= 0.6 is 0 Å². The predicted octanol–water partition coefficient (Wildman–Crippen LogP) is 2.04. The first-order valence-electron chi connectivity index (χ1n) is 15.6. The van der Waals surface area contributed by atoms with Crippen LogP contribution in [0.1, 0.15) is 79.4 Å². The highest BCUT2D eigenvalue weighted by Gasteiger charge is 2.86. The van der Waals surface area contributed by atoms with Crippen molar-refractivity contribution in [3.8, 4) is 0 Å². The molecule has 3 N–H and O–H groups in total. The molecule has 0 aromatic carbocycles. The van der Waals surface area contributed by atoms with Gasteiger partial charge in [-0.3, -0.25) is 24.0 Å². The number of ketones is 1. The molecule has 1 saturated heterocycles. The summed E-state index contributed by atoms with van der Waals surface area (Å²) in [5.74, 6) is -8.46. The van der Waals surface area contributed by atoms with E-state index in [1.807, 2.05) is 0 Å². The van der Waals surface area contributed by atoms with E-state index in [0.29, 0.717) is 5.56 Å². The van der Waals surface area contributed by atoms with Crippen LogP contribution in [0.5, 0.6) is 0 Å². The number of cyclic esters (lactones) is 1. The second-order valence-electron chi connectivity index (χ2n) is 14.8. The molecule has 5 rings (SSSR count). The van der Waals surface area contributed by atoms with Gasteiger partial charge in [-0.25, -0.2) is 0 Å². The summed E-state index contributed by atoms with van der Waals surface area (Å²) in [6, 6.07) is 1.59. The number of fused-ring (bicyclic) bond motifs is 5. The first kappa shape index (κ1) is 34.1. The second-order valence-corrected chi connectivity index (χ2v) is 14.8. The molecule has 0 radical (unpaired) electrons. The van der Waals surface area contributed by atoms with Crippen LogP contribution in [0.2, 0.25) is 0 Å². The van der Waals surface area contributed by atoms with Crippen LogP contribution in [-0.4, -0.2) is 81.6 Å². The number of esters is 4. The van der Waals surface area contributed by atoms with Crippen molar-refractivity contribution in [2.24, 2.45) is 39.9 Å². The molecule has 0 amide bonds. The maximum atomic E-state index is 14.6. The zero-order valence-electron chi connectivity index (χ0n) is 27.4. The van der Waals surface area contributed by atoms with Crippen molar-refractivity contribution in [2.45, 2.75) is 103 Å². The van der Waals surface area contributed by atoms with Gasteiger partial charge in [0.2, 0.25) is 0 Å². The Balaban J connectivity index is 1.81. The van der Waals surface area contributed by atoms with Gasteiger partial charge in [-0.2, -0.15) is 0 Å². The molecule has 46 heavy (non-hydrogen) atoms. The van der Waals surface area contributed by atoms with Gasteiger partial charge in [0, 0.05) is 47.0 Å². The summed E-state index contributed by atoms with van der Waals surface area (Å²) in [7, 11) is 1.18. The number of ether oxygens (including phenoxy) is 4. The molecule has 254 valence electrons. The van der Waals surface area contributed by atoms with Gasteiger partial charge in [0.05, 0.1) is 32.0 Å². The van der Waals surface area contributed by atoms with E-state index in [1.54, 1.807) is 40.7 Å². The fourth-order valence-electron chi connectivity index (χ4n) is 9.85. The Morgan fingerprint density at radius 2 is 1.74 bits per heavy atom. The van der Waals surface area contributed by atoms with Crippen molar-refractivity contribution in [3.63, 3.8) is 0 Å². The minimum atomic E-state index is -2.68. The third kappa shape index (κ3) is 4.33. The quantitative estimate of drug-likeness (QED) is 0.300. The average molecular weight is 649 g/mol. The number of aliphatic hydroxyl groups excluding tert-OH is 1. The summed E-state index contributed by atoms with van der Waals surface area (Å²) in [5.41, 5.74) is -9.20. The lowest BCUT2D eigenvalue weighted by atomic mass is 9.39. The molecule has 13 nitrogen and oxygen atoms in total. The van der Waals surface area contributed by atoms with E-state index in [1.165, 1.54) is 33.5 Å². The maximum absolute atomic E-state index is 14.6. The topological polar surface area (TPSA) is 196 Å². The molecule has 11 atom stereocenters. The van der Waals surface area contributed by atoms with Crippen LogP contribution in [0.3, 0.4) is 0 Å². The van der Waals surface area contributed by atoms with E-state index < -0.39 is 112 Å². The average Bonchev–Trinajstić information content (AvgIpc) is 3.54. The number of furan rings is 1. The number of aliphatic hydroxyl groups is 3. The van der Waals surface area contributed by atoms with Crippen molar-refractivity contribution in [1.29, 1.82) is 0 Å². The maximum Gasteiger partial charge on any atom is 0.308 e. The van der Waals surface area contributed by atoms with Crippen LogP contribution < -0.4 is 0 Å². The van der Waals surface area contributed by atoms with Crippen LogP contribution in [0.4, 0.5) is 0 Å². The molecular formula is C33H44O13. The van der Waals surface area contributed by atoms with E-state index in [9.17, 15) is 39.3 Å². The summed E-state index contributed by atoms with van der Waals surface area (Å²) < 4.78 is 27.9. The Morgan fingerprint density at radius 1 is 1.09 bits per heavy atom. The lowest BCUT2D eigenvalue weighted by Crippen LogP contribution is -2.82. The zero-order chi connectivity index (χ0) is 34.4. The standard InChI is InChI=1S/C33H44O13/c1-15(2)27(39)46-28-29(4,5)19(11-21(35)42-8)31(7)23-18(44-16(3)34)13-30(6)20(32(23,40)24(37)25(38)33(28,31)41)12-22(36)45-26(30)17-9-10-43-14-17/h9-10,14-15,18-20,23-24,26,28,37,40-41H,11-13H2,1-8H3/t18?,19?,20-,23-,24?,26?,28?,30?,31?,32?,33?/m1/s1. The molecular weight excluding hydrogens is 604 g/mol. The molecule has 3 saturated carbocycles. The van der Waals surface area contributed by atoms with Gasteiger partial charge in [0.15, 0.2) is 11.4 Å². The molecule has 9 unspecified atom stereocenters. The van der Waals surface area contributed by atoms with Crippen molar-refractivity contribution in [1.82, 2.24) is 0 Å². The number of methoxy groups -OCH3 is 1. The molecule has 0 bridgehead atoms. The second kappa shape index (κ2) is 10.9. The number of Topliss-reactive ketones (excluding diaryl/α,β-unsaturated/α-hetero) is 1. The highest BCUT2D eigenvalue weighted by molar-refractivity contribution is 5.96. The summed E-state index contributed by atoms with van der Waals surface area (Å²) in [4.78, 5) is 66.6. The number of carbonyl (C=O) groups excluding carboxylic acids is 5. The lowest BCUT2D eigenvalue weighted by molar-refractivity contribution is -0.322. The summed E-state index contributed by atoms with van der Waals surface area (Å²) in [5, 5.41) is 37.9. The third-order valence-corrected chi connectivity index (χ3v) is 11.8. The van der Waals surface area contributed by atoms with Crippen molar-refractivity contribution in [2.75, 3.05) is 7.11 Å². The lowest BCUT2D eigenvalue weighted by Gasteiger charge is -2.68. The minimum absolute atomic E-state index is 0.0399. The molecule has 4 fully saturated rings. The van der Waals surface area contributed by atoms with Gasteiger partial charge < -0.3 is 38.7 Å². The normalized spacial score (nSPS) is 42.7. The van der Waals surface area contributed by atoms with E-state index in [4.69, 9.17) is 23.4 Å². The fraction of sp³-hybridized carbons (Fsp3) is 0.727. The van der Waals surface area contributed by atoms with Crippen molar-refractivity contribution < 1.29 is 62.7 Å². The summed E-state index contributed by atoms with van der Waals surface area (Å²) in [6.45, 7) is 10.8. The van der Waals surface area contributed by atoms with E-state index in [2.05, 4.69) is 0 Å². The molecule has 1 aromatic heterocycles. The Morgan fingerprint density at radius 3 is 2.28 bits per heavy atom. The van der Waals surface area contributed by atoms with E-state index in [-0.39, 0.29) is 12.8 Å². The molecule has 1 aliphatic heterocycles. The van der Waals surface area contributed by atoms with Crippen LogP contribution in [0, 0.1) is 39.9 Å². The molecule has 2 heterocycles. The Labute approximate surface area is 266 Å². The van der Waals surface area contributed by atoms with Crippen molar-refractivity contribution >= 4 is 29.7 Å². The highest BCUT2D eigenvalue weighted by Crippen LogP contribution is 2.74. The molecule has 0 spiro atoms. The molecule has 3 aliphatic carbocycles. The van der Waals surface area contributed by atoms with Gasteiger partial charge in [0.1, 0.15) is 30.0 Å². The third-order valence-electron chi connectivity index (χ3n) is 11.8. The van der Waals surface area contributed by atoms with Gasteiger partial charge in [-0.05, 0) is 18.4 Å². The fourth-order valence-corrected chi connectivity index (χ4v) is 9.85. The predicted molar refractivity (Wildman–Crippen MR) is 155 cm³/mol. The van der Waals surface area contributed by atoms with Gasteiger partial charge in [-0.1, -0.05) is 41.5 Å². The Kier molecular flexibility index (Phi) is 8.05. The Hall–Kier alpha value is -3.29. The smallest absolute Gasteiger partial charge is 0.308 e. The van der Waals surface area contributed by atoms with Crippen LogP contribution in [-0.2, 0) is 42.9 Å². The zero-order valence-corrected chi connectivity index (χ0v) is 27.4. The van der Waals surface area contributed by atoms with Gasteiger partial charge in [-0.15, -0.1) is 0 Å². The Bertz CT molecular complexity index is 1430. The molecule has 13 heteroatoms. The molecule has 1 aromatic rings. The van der Waals surface area contributed by atoms with Crippen molar-refractivity contribution in [3.05, 3.63) is 24.2 Å². The number of hydrogen-bond donors (Lipinski definition) is 3. The minimum Gasteiger partial charge on any atom is -0.472 e. The van der Waals surface area contributed by atoms with Crippen LogP contribution in [0.25, 0.3) is 0 Å².